The summed E-state index contributed by atoms with van der Waals surface area (Å²) in [6.45, 7) is 2.22. The van der Waals surface area contributed by atoms with Gasteiger partial charge in [-0.3, -0.25) is 0 Å². The zero-order valence-corrected chi connectivity index (χ0v) is 14.0. The summed E-state index contributed by atoms with van der Waals surface area (Å²) in [6.07, 6.45) is 4.24. The van der Waals surface area contributed by atoms with Gasteiger partial charge in [0.2, 0.25) is 10.0 Å². The first-order valence-corrected chi connectivity index (χ1v) is 9.11. The average molecular weight is 351 g/mol. The molecule has 3 rings (SSSR count). The number of nitrogens with zero attached hydrogens (tertiary/aromatic N) is 3. The van der Waals surface area contributed by atoms with Gasteiger partial charge in [0, 0.05) is 18.9 Å². The highest BCUT2D eigenvalue weighted by Crippen LogP contribution is 2.25. The second-order valence-corrected chi connectivity index (χ2v) is 7.59. The quantitative estimate of drug-likeness (QED) is 0.844. The number of rotatable bonds is 4. The highest BCUT2D eigenvalue weighted by molar-refractivity contribution is 7.89. The monoisotopic (exact) mass is 351 g/mol. The maximum Gasteiger partial charge on any atom is 0.316 e. The molecule has 1 fully saturated rings. The van der Waals surface area contributed by atoms with E-state index in [0.29, 0.717) is 18.5 Å². The standard InChI is InChI=1S/C16H18FN3O3S/c1-12-10-13(17)5-6-15(12)24(21,22)20-9-2-4-14(11-20)23-16-18-7-3-8-19-16/h3,5-8,10,14H,2,4,9,11H2,1H3. The van der Waals surface area contributed by atoms with Gasteiger partial charge in [0.15, 0.2) is 0 Å². The largest absolute Gasteiger partial charge is 0.459 e. The molecule has 0 radical (unpaired) electrons. The van der Waals surface area contributed by atoms with Crippen LogP contribution in [0.2, 0.25) is 0 Å². The summed E-state index contributed by atoms with van der Waals surface area (Å²) in [4.78, 5) is 8.12. The fourth-order valence-corrected chi connectivity index (χ4v) is 4.47. The lowest BCUT2D eigenvalue weighted by molar-refractivity contribution is 0.119. The fraction of sp³-hybridized carbons (Fsp3) is 0.375. The minimum absolute atomic E-state index is 0.125. The van der Waals surface area contributed by atoms with Crippen molar-refractivity contribution in [2.75, 3.05) is 13.1 Å². The third-order valence-electron chi connectivity index (χ3n) is 3.91. The second kappa shape index (κ2) is 6.82. The average Bonchev–Trinajstić information content (AvgIpc) is 2.56. The molecule has 6 nitrogen and oxygen atoms in total. The number of piperidine rings is 1. The first kappa shape index (κ1) is 16.8. The van der Waals surface area contributed by atoms with E-state index in [2.05, 4.69) is 9.97 Å². The van der Waals surface area contributed by atoms with Gasteiger partial charge in [0.1, 0.15) is 11.9 Å². The van der Waals surface area contributed by atoms with Crippen molar-refractivity contribution in [2.24, 2.45) is 0 Å². The van der Waals surface area contributed by atoms with Crippen LogP contribution in [0.5, 0.6) is 6.01 Å². The zero-order valence-electron chi connectivity index (χ0n) is 13.2. The molecule has 0 amide bonds. The topological polar surface area (TPSA) is 72.4 Å². The highest BCUT2D eigenvalue weighted by Gasteiger charge is 2.32. The van der Waals surface area contributed by atoms with Crippen LogP contribution in [0, 0.1) is 12.7 Å². The summed E-state index contributed by atoms with van der Waals surface area (Å²) in [7, 11) is -3.69. The van der Waals surface area contributed by atoms with Gasteiger partial charge in [0.05, 0.1) is 11.4 Å². The molecule has 0 N–H and O–H groups in total. The maximum atomic E-state index is 13.2. The molecule has 0 bridgehead atoms. The Balaban J connectivity index is 1.78. The molecule has 0 aliphatic carbocycles. The predicted molar refractivity (Wildman–Crippen MR) is 85.6 cm³/mol. The molecule has 1 aromatic heterocycles. The SMILES string of the molecule is Cc1cc(F)ccc1S(=O)(=O)N1CCCC(Oc2ncccn2)C1. The van der Waals surface area contributed by atoms with Crippen LogP contribution in [0.4, 0.5) is 4.39 Å². The van der Waals surface area contributed by atoms with E-state index in [-0.39, 0.29) is 23.6 Å². The van der Waals surface area contributed by atoms with Gasteiger partial charge >= 0.3 is 6.01 Å². The van der Waals surface area contributed by atoms with Crippen LogP contribution in [0.1, 0.15) is 18.4 Å². The zero-order chi connectivity index (χ0) is 17.2. The molecule has 1 unspecified atom stereocenters. The van der Waals surface area contributed by atoms with Gasteiger partial charge in [0.25, 0.3) is 0 Å². The van der Waals surface area contributed by atoms with E-state index >= 15 is 0 Å². The Labute approximate surface area is 140 Å². The lowest BCUT2D eigenvalue weighted by atomic mass is 10.1. The molecule has 2 aromatic rings. The van der Waals surface area contributed by atoms with Crippen molar-refractivity contribution in [3.63, 3.8) is 0 Å². The minimum atomic E-state index is -3.69. The normalized spacial score (nSPS) is 19.2. The Kier molecular flexibility index (Phi) is 4.77. The molecular weight excluding hydrogens is 333 g/mol. The third kappa shape index (κ3) is 3.54. The Bertz CT molecular complexity index is 815. The second-order valence-electron chi connectivity index (χ2n) is 5.69. The number of halogens is 1. The van der Waals surface area contributed by atoms with Gasteiger partial charge in [-0.2, -0.15) is 4.31 Å². The number of aryl methyl sites for hydroxylation is 1. The molecule has 1 saturated heterocycles. The molecule has 128 valence electrons. The maximum absolute atomic E-state index is 13.2. The first-order chi connectivity index (χ1) is 11.5. The molecule has 24 heavy (non-hydrogen) atoms. The van der Waals surface area contributed by atoms with E-state index in [1.807, 2.05) is 0 Å². The molecule has 2 heterocycles. The highest BCUT2D eigenvalue weighted by atomic mass is 32.2. The first-order valence-electron chi connectivity index (χ1n) is 7.67. The summed E-state index contributed by atoms with van der Waals surface area (Å²) in [5.74, 6) is -0.451. The molecule has 1 aromatic carbocycles. The van der Waals surface area contributed by atoms with E-state index in [0.717, 1.165) is 12.5 Å². The van der Waals surface area contributed by atoms with Crippen molar-refractivity contribution < 1.29 is 17.5 Å². The van der Waals surface area contributed by atoms with Gasteiger partial charge in [-0.25, -0.2) is 22.8 Å². The van der Waals surface area contributed by atoms with E-state index in [9.17, 15) is 12.8 Å². The molecule has 8 heteroatoms. The molecule has 1 atom stereocenters. The molecule has 0 spiro atoms. The molecule has 0 saturated carbocycles. The lowest BCUT2D eigenvalue weighted by Gasteiger charge is -2.31. The van der Waals surface area contributed by atoms with Gasteiger partial charge in [-0.1, -0.05) is 0 Å². The van der Waals surface area contributed by atoms with Crippen molar-refractivity contribution in [3.05, 3.63) is 48.0 Å². The number of hydrogen-bond acceptors (Lipinski definition) is 5. The number of ether oxygens (including phenoxy) is 1. The lowest BCUT2D eigenvalue weighted by Crippen LogP contribution is -2.44. The van der Waals surface area contributed by atoms with Crippen LogP contribution in [0.25, 0.3) is 0 Å². The summed E-state index contributed by atoms with van der Waals surface area (Å²) in [5, 5.41) is 0. The summed E-state index contributed by atoms with van der Waals surface area (Å²) < 4.78 is 46.0. The Morgan fingerprint density at radius 1 is 1.29 bits per heavy atom. The number of benzene rings is 1. The van der Waals surface area contributed by atoms with E-state index in [4.69, 9.17) is 4.74 Å². The third-order valence-corrected chi connectivity index (χ3v) is 5.94. The van der Waals surface area contributed by atoms with Crippen molar-refractivity contribution in [3.8, 4) is 6.01 Å². The summed E-state index contributed by atoms with van der Waals surface area (Å²) >= 11 is 0. The van der Waals surface area contributed by atoms with E-state index in [1.54, 1.807) is 25.4 Å². The predicted octanol–water partition coefficient (Wildman–Crippen LogP) is 2.16. The molecular formula is C16H18FN3O3S. The van der Waals surface area contributed by atoms with E-state index in [1.165, 1.54) is 16.4 Å². The van der Waals surface area contributed by atoms with Crippen LogP contribution >= 0.6 is 0 Å². The Morgan fingerprint density at radius 3 is 2.75 bits per heavy atom. The fourth-order valence-electron chi connectivity index (χ4n) is 2.76. The van der Waals surface area contributed by atoms with Gasteiger partial charge < -0.3 is 4.74 Å². The molecule has 1 aliphatic heterocycles. The van der Waals surface area contributed by atoms with Gasteiger partial charge in [-0.15, -0.1) is 0 Å². The van der Waals surface area contributed by atoms with Crippen LogP contribution in [-0.2, 0) is 10.0 Å². The van der Waals surface area contributed by atoms with Crippen LogP contribution in [-0.4, -0.2) is 41.9 Å². The van der Waals surface area contributed by atoms with Crippen molar-refractivity contribution in [1.29, 1.82) is 0 Å². The molecule has 1 aliphatic rings. The van der Waals surface area contributed by atoms with Gasteiger partial charge in [-0.05, 0) is 49.6 Å². The van der Waals surface area contributed by atoms with Crippen LogP contribution in [0.3, 0.4) is 0 Å². The Morgan fingerprint density at radius 2 is 2.04 bits per heavy atom. The number of hydrogen-bond donors (Lipinski definition) is 0. The minimum Gasteiger partial charge on any atom is -0.459 e. The van der Waals surface area contributed by atoms with Crippen LogP contribution in [0.15, 0.2) is 41.6 Å². The summed E-state index contributed by atoms with van der Waals surface area (Å²) in [5.41, 5.74) is 0.393. The van der Waals surface area contributed by atoms with Crippen molar-refractivity contribution >= 4 is 10.0 Å². The summed E-state index contributed by atoms with van der Waals surface area (Å²) in [6, 6.07) is 5.62. The number of aromatic nitrogens is 2. The van der Waals surface area contributed by atoms with Crippen LogP contribution < -0.4 is 4.74 Å². The number of sulfonamides is 1. The Hall–Kier alpha value is -2.06. The van der Waals surface area contributed by atoms with E-state index < -0.39 is 15.8 Å². The van der Waals surface area contributed by atoms with Crippen molar-refractivity contribution in [1.82, 2.24) is 14.3 Å². The van der Waals surface area contributed by atoms with Crippen molar-refractivity contribution in [2.45, 2.75) is 30.8 Å². The smallest absolute Gasteiger partial charge is 0.316 e.